The Morgan fingerprint density at radius 3 is 2.67 bits per heavy atom. The van der Waals surface area contributed by atoms with Crippen LogP contribution < -0.4 is 0 Å². The monoisotopic (exact) mass is 252 g/mol. The standard InChI is InChI=1S/C14H17FO3/c15-13-4-2-1-3-11(13)9-12(14(16)17)10-5-7-18-8-6-10/h1-4,10,12H,5-9H2,(H,16,17). The van der Waals surface area contributed by atoms with Gasteiger partial charge in [0.25, 0.3) is 0 Å². The number of aliphatic carboxylic acids is 1. The fourth-order valence-corrected chi connectivity index (χ4v) is 2.47. The van der Waals surface area contributed by atoms with Crippen LogP contribution in [0.2, 0.25) is 0 Å². The van der Waals surface area contributed by atoms with E-state index in [1.807, 2.05) is 0 Å². The van der Waals surface area contributed by atoms with E-state index in [-0.39, 0.29) is 18.2 Å². The topological polar surface area (TPSA) is 46.5 Å². The molecule has 1 unspecified atom stereocenters. The largest absolute Gasteiger partial charge is 0.481 e. The second-order valence-corrected chi connectivity index (χ2v) is 4.69. The molecular weight excluding hydrogens is 235 g/mol. The Bertz CT molecular complexity index is 413. The van der Waals surface area contributed by atoms with Crippen molar-refractivity contribution in [3.8, 4) is 0 Å². The number of hydrogen-bond acceptors (Lipinski definition) is 2. The van der Waals surface area contributed by atoms with Crippen LogP contribution in [0.5, 0.6) is 0 Å². The molecule has 1 aliphatic heterocycles. The SMILES string of the molecule is O=C(O)C(Cc1ccccc1F)C1CCOCC1. The molecule has 0 bridgehead atoms. The van der Waals surface area contributed by atoms with Gasteiger partial charge >= 0.3 is 5.97 Å². The molecule has 1 heterocycles. The van der Waals surface area contributed by atoms with Crippen molar-refractivity contribution in [1.29, 1.82) is 0 Å². The van der Waals surface area contributed by atoms with Gasteiger partial charge in [-0.1, -0.05) is 18.2 Å². The molecule has 18 heavy (non-hydrogen) atoms. The van der Waals surface area contributed by atoms with Gasteiger partial charge in [0.1, 0.15) is 5.82 Å². The summed E-state index contributed by atoms with van der Waals surface area (Å²) in [4.78, 5) is 11.4. The number of benzene rings is 1. The average Bonchev–Trinajstić information content (AvgIpc) is 2.38. The molecule has 2 rings (SSSR count). The van der Waals surface area contributed by atoms with E-state index in [2.05, 4.69) is 0 Å². The highest BCUT2D eigenvalue weighted by molar-refractivity contribution is 5.70. The molecule has 0 radical (unpaired) electrons. The van der Waals surface area contributed by atoms with Gasteiger partial charge in [0.15, 0.2) is 0 Å². The Labute approximate surface area is 106 Å². The van der Waals surface area contributed by atoms with Crippen molar-refractivity contribution in [2.75, 3.05) is 13.2 Å². The molecule has 0 aliphatic carbocycles. The highest BCUT2D eigenvalue weighted by atomic mass is 19.1. The molecule has 0 spiro atoms. The number of carboxylic acid groups (broad SMARTS) is 1. The molecule has 1 aromatic rings. The molecule has 0 amide bonds. The highest BCUT2D eigenvalue weighted by Crippen LogP contribution is 2.27. The van der Waals surface area contributed by atoms with Crippen molar-refractivity contribution in [3.05, 3.63) is 35.6 Å². The lowest BCUT2D eigenvalue weighted by Crippen LogP contribution is -2.30. The van der Waals surface area contributed by atoms with E-state index in [1.54, 1.807) is 18.2 Å². The van der Waals surface area contributed by atoms with Crippen LogP contribution in [0.1, 0.15) is 18.4 Å². The van der Waals surface area contributed by atoms with Crippen molar-refractivity contribution < 1.29 is 19.0 Å². The molecule has 1 N–H and O–H groups in total. The van der Waals surface area contributed by atoms with Crippen molar-refractivity contribution in [2.24, 2.45) is 11.8 Å². The second kappa shape index (κ2) is 5.96. The van der Waals surface area contributed by atoms with Gasteiger partial charge in [-0.25, -0.2) is 4.39 Å². The van der Waals surface area contributed by atoms with E-state index in [1.165, 1.54) is 6.07 Å². The number of carbonyl (C=O) groups is 1. The van der Waals surface area contributed by atoms with E-state index in [0.717, 1.165) is 12.8 Å². The molecule has 1 aromatic carbocycles. The molecule has 0 saturated carbocycles. The molecular formula is C14H17FO3. The summed E-state index contributed by atoms with van der Waals surface area (Å²) >= 11 is 0. The number of halogens is 1. The van der Waals surface area contributed by atoms with Crippen molar-refractivity contribution in [2.45, 2.75) is 19.3 Å². The Hall–Kier alpha value is -1.42. The zero-order valence-corrected chi connectivity index (χ0v) is 10.1. The number of carboxylic acids is 1. The maximum atomic E-state index is 13.6. The fraction of sp³-hybridized carbons (Fsp3) is 0.500. The summed E-state index contributed by atoms with van der Waals surface area (Å²) in [5, 5.41) is 9.31. The quantitative estimate of drug-likeness (QED) is 0.895. The first kappa shape index (κ1) is 13.0. The van der Waals surface area contributed by atoms with Gasteiger partial charge in [0.05, 0.1) is 5.92 Å². The molecule has 1 saturated heterocycles. The molecule has 1 aliphatic rings. The summed E-state index contributed by atoms with van der Waals surface area (Å²) in [5.41, 5.74) is 0.483. The van der Waals surface area contributed by atoms with Gasteiger partial charge in [0.2, 0.25) is 0 Å². The van der Waals surface area contributed by atoms with E-state index in [0.29, 0.717) is 18.8 Å². The first-order chi connectivity index (χ1) is 8.68. The van der Waals surface area contributed by atoms with Gasteiger partial charge in [-0.15, -0.1) is 0 Å². The third-order valence-corrected chi connectivity index (χ3v) is 3.55. The van der Waals surface area contributed by atoms with Crippen LogP contribution in [0.4, 0.5) is 4.39 Å². The fourth-order valence-electron chi connectivity index (χ4n) is 2.47. The minimum Gasteiger partial charge on any atom is -0.481 e. The van der Waals surface area contributed by atoms with Crippen LogP contribution in [0.25, 0.3) is 0 Å². The molecule has 4 heteroatoms. The molecule has 1 fully saturated rings. The third-order valence-electron chi connectivity index (χ3n) is 3.55. The predicted octanol–water partition coefficient (Wildman–Crippen LogP) is 2.50. The lowest BCUT2D eigenvalue weighted by Gasteiger charge is -2.27. The van der Waals surface area contributed by atoms with Gasteiger partial charge in [0, 0.05) is 13.2 Å². The van der Waals surface area contributed by atoms with E-state index in [4.69, 9.17) is 4.74 Å². The van der Waals surface area contributed by atoms with Crippen molar-refractivity contribution in [1.82, 2.24) is 0 Å². The summed E-state index contributed by atoms with van der Waals surface area (Å²) < 4.78 is 18.8. The highest BCUT2D eigenvalue weighted by Gasteiger charge is 2.30. The normalized spacial score (nSPS) is 18.5. The Morgan fingerprint density at radius 1 is 1.39 bits per heavy atom. The van der Waals surface area contributed by atoms with E-state index >= 15 is 0 Å². The summed E-state index contributed by atoms with van der Waals surface area (Å²) in [6, 6.07) is 6.38. The zero-order valence-electron chi connectivity index (χ0n) is 10.1. The van der Waals surface area contributed by atoms with Gasteiger partial charge < -0.3 is 9.84 Å². The minimum absolute atomic E-state index is 0.0795. The van der Waals surface area contributed by atoms with E-state index in [9.17, 15) is 14.3 Å². The van der Waals surface area contributed by atoms with Crippen LogP contribution in [0.3, 0.4) is 0 Å². The Balaban J connectivity index is 2.11. The number of rotatable bonds is 4. The van der Waals surface area contributed by atoms with Gasteiger partial charge in [-0.05, 0) is 36.8 Å². The van der Waals surface area contributed by atoms with Gasteiger partial charge in [-0.3, -0.25) is 4.79 Å². The first-order valence-electron chi connectivity index (χ1n) is 6.22. The number of hydrogen-bond donors (Lipinski definition) is 1. The number of ether oxygens (including phenoxy) is 1. The van der Waals surface area contributed by atoms with Crippen LogP contribution >= 0.6 is 0 Å². The van der Waals surface area contributed by atoms with Crippen LogP contribution in [0.15, 0.2) is 24.3 Å². The van der Waals surface area contributed by atoms with Crippen LogP contribution in [0, 0.1) is 17.7 Å². The Kier molecular flexibility index (Phi) is 4.31. The summed E-state index contributed by atoms with van der Waals surface area (Å²) in [5.74, 6) is -1.61. The van der Waals surface area contributed by atoms with Crippen molar-refractivity contribution >= 4 is 5.97 Å². The molecule has 0 aromatic heterocycles. The second-order valence-electron chi connectivity index (χ2n) is 4.69. The lowest BCUT2D eigenvalue weighted by molar-refractivity contribution is -0.145. The summed E-state index contributed by atoms with van der Waals surface area (Å²) in [6.07, 6.45) is 1.74. The van der Waals surface area contributed by atoms with E-state index < -0.39 is 11.9 Å². The average molecular weight is 252 g/mol. The first-order valence-corrected chi connectivity index (χ1v) is 6.22. The zero-order chi connectivity index (χ0) is 13.0. The molecule has 3 nitrogen and oxygen atoms in total. The smallest absolute Gasteiger partial charge is 0.307 e. The maximum absolute atomic E-state index is 13.6. The van der Waals surface area contributed by atoms with Gasteiger partial charge in [-0.2, -0.15) is 0 Å². The van der Waals surface area contributed by atoms with Crippen LogP contribution in [-0.4, -0.2) is 24.3 Å². The summed E-state index contributed by atoms with van der Waals surface area (Å²) in [7, 11) is 0. The summed E-state index contributed by atoms with van der Waals surface area (Å²) in [6.45, 7) is 1.21. The predicted molar refractivity (Wildman–Crippen MR) is 64.8 cm³/mol. The minimum atomic E-state index is -0.842. The van der Waals surface area contributed by atoms with Crippen molar-refractivity contribution in [3.63, 3.8) is 0 Å². The van der Waals surface area contributed by atoms with Crippen LogP contribution in [-0.2, 0) is 16.0 Å². The Morgan fingerprint density at radius 2 is 2.06 bits per heavy atom. The lowest BCUT2D eigenvalue weighted by atomic mass is 9.82. The third kappa shape index (κ3) is 3.07. The maximum Gasteiger partial charge on any atom is 0.307 e. The molecule has 98 valence electrons. The molecule has 1 atom stereocenters.